The number of aromatic nitrogens is 2. The minimum atomic E-state index is -3.81. The zero-order chi connectivity index (χ0) is 26.5. The van der Waals surface area contributed by atoms with Gasteiger partial charge in [0.05, 0.1) is 11.3 Å². The average Bonchev–Trinajstić information content (AvgIpc) is 2.85. The lowest BCUT2D eigenvalue weighted by Crippen LogP contribution is -2.30. The van der Waals surface area contributed by atoms with Crippen molar-refractivity contribution >= 4 is 38.5 Å². The molecule has 0 radical (unpaired) electrons. The number of aromatic hydroxyl groups is 1. The highest BCUT2D eigenvalue weighted by Gasteiger charge is 2.26. The Morgan fingerprint density at radius 3 is 2.61 bits per heavy atom. The van der Waals surface area contributed by atoms with Crippen molar-refractivity contribution in [3.8, 4) is 5.75 Å². The van der Waals surface area contributed by atoms with Crippen molar-refractivity contribution in [2.75, 3.05) is 23.7 Å². The van der Waals surface area contributed by atoms with E-state index >= 15 is 0 Å². The molecule has 3 rings (SSSR count). The second kappa shape index (κ2) is 11.4. The van der Waals surface area contributed by atoms with Gasteiger partial charge < -0.3 is 15.9 Å². The van der Waals surface area contributed by atoms with Crippen LogP contribution in [0.3, 0.4) is 0 Å². The van der Waals surface area contributed by atoms with Crippen LogP contribution < -0.4 is 10.0 Å². The molecule has 2 heterocycles. The molecule has 2 aromatic heterocycles. The number of carboxylic acid groups (broad SMARTS) is 1. The van der Waals surface area contributed by atoms with E-state index in [1.54, 1.807) is 6.07 Å². The maximum absolute atomic E-state index is 13.5. The second-order valence-corrected chi connectivity index (χ2v) is 10.3. The van der Waals surface area contributed by atoms with Gasteiger partial charge in [-0.3, -0.25) is 14.1 Å². The summed E-state index contributed by atoms with van der Waals surface area (Å²) >= 11 is 0. The van der Waals surface area contributed by atoms with Gasteiger partial charge in [0.2, 0.25) is 10.0 Å². The van der Waals surface area contributed by atoms with Crippen molar-refractivity contribution in [3.05, 3.63) is 59.2 Å². The van der Waals surface area contributed by atoms with Gasteiger partial charge in [-0.25, -0.2) is 22.6 Å². The molecule has 0 spiro atoms. The number of hydrogen-bond donors (Lipinski definition) is 3. The van der Waals surface area contributed by atoms with Crippen LogP contribution in [-0.4, -0.2) is 59.7 Å². The Kier molecular flexibility index (Phi) is 8.53. The van der Waals surface area contributed by atoms with Crippen molar-refractivity contribution in [2.45, 2.75) is 32.1 Å². The predicted molar refractivity (Wildman–Crippen MR) is 132 cm³/mol. The number of benzene rings is 1. The Morgan fingerprint density at radius 1 is 1.17 bits per heavy atom. The van der Waals surface area contributed by atoms with E-state index in [0.717, 1.165) is 16.4 Å². The number of aromatic carboxylic acids is 1. The highest BCUT2D eigenvalue weighted by Crippen LogP contribution is 2.34. The summed E-state index contributed by atoms with van der Waals surface area (Å²) in [5.41, 5.74) is 5.03. The number of ketones is 1. The molecule has 1 aromatic carbocycles. The summed E-state index contributed by atoms with van der Waals surface area (Å²) in [5.74, 6) is -3.44. The third-order valence-corrected chi connectivity index (χ3v) is 7.54. The fourth-order valence-corrected chi connectivity index (χ4v) is 4.99. The molecule has 0 amide bonds. The Bertz CT molecular complexity index is 1400. The number of carbonyl (C=O) groups is 2. The van der Waals surface area contributed by atoms with Gasteiger partial charge in [0.1, 0.15) is 11.3 Å². The van der Waals surface area contributed by atoms with Crippen molar-refractivity contribution in [1.82, 2.24) is 9.97 Å². The summed E-state index contributed by atoms with van der Waals surface area (Å²) < 4.78 is 40.3. The summed E-state index contributed by atoms with van der Waals surface area (Å²) in [5, 5.41) is 20.3. The first-order chi connectivity index (χ1) is 17.1. The van der Waals surface area contributed by atoms with E-state index in [2.05, 4.69) is 9.97 Å². The molecule has 0 aliphatic rings. The smallest absolute Gasteiger partial charge is 0.336 e. The number of anilines is 1. The lowest BCUT2D eigenvalue weighted by atomic mass is 10.00. The Hall–Kier alpha value is -3.64. The maximum Gasteiger partial charge on any atom is 0.336 e. The monoisotopic (exact) mass is 518 g/mol. The first-order valence-electron chi connectivity index (χ1n) is 11.3. The lowest BCUT2D eigenvalue weighted by Gasteiger charge is -2.21. The molecule has 192 valence electrons. The minimum absolute atomic E-state index is 0.00374. The van der Waals surface area contributed by atoms with Crippen molar-refractivity contribution in [3.63, 3.8) is 0 Å². The molecule has 3 aromatic rings. The molecule has 0 aliphatic heterocycles. The van der Waals surface area contributed by atoms with Gasteiger partial charge >= 0.3 is 5.97 Å². The Morgan fingerprint density at radius 2 is 1.92 bits per heavy atom. The van der Waals surface area contributed by atoms with E-state index in [-0.39, 0.29) is 52.1 Å². The highest BCUT2D eigenvalue weighted by molar-refractivity contribution is 7.92. The van der Waals surface area contributed by atoms with E-state index < -0.39 is 33.3 Å². The molecule has 0 atom stereocenters. The van der Waals surface area contributed by atoms with Crippen LogP contribution in [0.15, 0.2) is 36.5 Å². The number of sulfonamides is 1. The molecule has 0 unspecified atom stereocenters. The number of hydrogen-bond acceptors (Lipinski definition) is 8. The average molecular weight is 519 g/mol. The van der Waals surface area contributed by atoms with Crippen molar-refractivity contribution in [2.24, 2.45) is 5.73 Å². The number of pyridine rings is 2. The topological polar surface area (TPSA) is 164 Å². The van der Waals surface area contributed by atoms with Gasteiger partial charge in [-0.15, -0.1) is 0 Å². The number of nitrogens with two attached hydrogens (primary N) is 1. The van der Waals surface area contributed by atoms with Gasteiger partial charge in [0, 0.05) is 25.1 Å². The molecular formula is C24H27FN4O6S. The molecule has 12 heteroatoms. The standard InChI is InChI=1S/C24H27FN4O6S/c1-29(36(34,35)13-4-2-3-11-26)23-17-6-5-12-27-20(17)22(31)21(28-23)19(30)10-8-15-7-9-16(25)14-18(15)24(32)33/h5-7,9,12,14,31H,2-4,8,10-11,13,26H2,1H3,(H,32,33). The van der Waals surface area contributed by atoms with Crippen LogP contribution in [0.5, 0.6) is 5.75 Å². The first kappa shape index (κ1) is 27.0. The van der Waals surface area contributed by atoms with E-state index in [1.165, 1.54) is 25.4 Å². The van der Waals surface area contributed by atoms with Crippen LogP contribution in [0, 0.1) is 5.82 Å². The number of unbranched alkanes of at least 4 members (excludes halogenated alkanes) is 2. The fourth-order valence-electron chi connectivity index (χ4n) is 3.75. The Labute approximate surface area is 207 Å². The lowest BCUT2D eigenvalue weighted by molar-refractivity contribution is 0.0694. The Balaban J connectivity index is 1.95. The van der Waals surface area contributed by atoms with Crippen LogP contribution >= 0.6 is 0 Å². The number of nitrogens with zero attached hydrogens (tertiary/aromatic N) is 3. The predicted octanol–water partition coefficient (Wildman–Crippen LogP) is 2.88. The zero-order valence-corrected chi connectivity index (χ0v) is 20.5. The SMILES string of the molecule is CN(c1nc(C(=O)CCc2ccc(F)cc2C(=O)O)c(O)c2ncccc12)S(=O)(=O)CCCCCN. The van der Waals surface area contributed by atoms with E-state index in [1.807, 2.05) is 0 Å². The van der Waals surface area contributed by atoms with Crippen molar-refractivity contribution < 1.29 is 32.6 Å². The summed E-state index contributed by atoms with van der Waals surface area (Å²) in [6.45, 7) is 0.461. The molecule has 36 heavy (non-hydrogen) atoms. The third-order valence-electron chi connectivity index (χ3n) is 5.72. The molecule has 0 fully saturated rings. The number of fused-ring (bicyclic) bond motifs is 1. The molecule has 0 bridgehead atoms. The van der Waals surface area contributed by atoms with Gasteiger partial charge in [-0.05, 0) is 55.6 Å². The molecule has 4 N–H and O–H groups in total. The largest absolute Gasteiger partial charge is 0.504 e. The number of halogens is 1. The third kappa shape index (κ3) is 5.94. The molecule has 0 saturated carbocycles. The molecular weight excluding hydrogens is 491 g/mol. The number of rotatable bonds is 12. The van der Waals surface area contributed by atoms with E-state index in [9.17, 15) is 32.6 Å². The summed E-state index contributed by atoms with van der Waals surface area (Å²) in [6.07, 6.45) is 2.79. The number of carboxylic acids is 1. The number of Topliss-reactive ketones (excluding diaryl/α,β-unsaturated/α-hetero) is 1. The summed E-state index contributed by atoms with van der Waals surface area (Å²) in [4.78, 5) is 32.8. The van der Waals surface area contributed by atoms with Crippen LogP contribution in [0.2, 0.25) is 0 Å². The van der Waals surface area contributed by atoms with Crippen LogP contribution in [0.4, 0.5) is 10.2 Å². The zero-order valence-electron chi connectivity index (χ0n) is 19.6. The maximum atomic E-state index is 13.5. The number of aryl methyl sites for hydroxylation is 1. The fraction of sp³-hybridized carbons (Fsp3) is 0.333. The first-order valence-corrected chi connectivity index (χ1v) is 12.9. The van der Waals surface area contributed by atoms with Crippen LogP contribution in [0.25, 0.3) is 10.9 Å². The number of carbonyl (C=O) groups excluding carboxylic acids is 1. The van der Waals surface area contributed by atoms with E-state index in [0.29, 0.717) is 25.8 Å². The summed E-state index contributed by atoms with van der Waals surface area (Å²) in [7, 11) is -2.49. The van der Waals surface area contributed by atoms with Gasteiger partial charge in [-0.2, -0.15) is 0 Å². The van der Waals surface area contributed by atoms with Gasteiger partial charge in [-0.1, -0.05) is 12.5 Å². The normalized spacial score (nSPS) is 11.5. The quantitative estimate of drug-likeness (QED) is 0.241. The van der Waals surface area contributed by atoms with Crippen LogP contribution in [0.1, 0.15) is 52.1 Å². The second-order valence-electron chi connectivity index (χ2n) is 8.19. The minimum Gasteiger partial charge on any atom is -0.504 e. The van der Waals surface area contributed by atoms with Crippen molar-refractivity contribution in [1.29, 1.82) is 0 Å². The van der Waals surface area contributed by atoms with Crippen LogP contribution in [-0.2, 0) is 16.4 Å². The van der Waals surface area contributed by atoms with Gasteiger partial charge in [0.15, 0.2) is 23.0 Å². The molecule has 10 nitrogen and oxygen atoms in total. The highest BCUT2D eigenvalue weighted by atomic mass is 32.2. The van der Waals surface area contributed by atoms with Gasteiger partial charge in [0.25, 0.3) is 0 Å². The molecule has 0 aliphatic carbocycles. The summed E-state index contributed by atoms with van der Waals surface area (Å²) in [6, 6.07) is 6.32. The molecule has 0 saturated heterocycles. The van der Waals surface area contributed by atoms with E-state index in [4.69, 9.17) is 5.73 Å².